The number of aromatic nitrogens is 1. The Morgan fingerprint density at radius 1 is 1.00 bits per heavy atom. The van der Waals surface area contributed by atoms with Crippen LogP contribution in [0.15, 0.2) is 66.7 Å². The van der Waals surface area contributed by atoms with E-state index in [9.17, 15) is 27.9 Å². The number of primary amides is 1. The van der Waals surface area contributed by atoms with Crippen molar-refractivity contribution in [2.75, 3.05) is 7.11 Å². The van der Waals surface area contributed by atoms with Gasteiger partial charge in [-0.3, -0.25) is 23.4 Å². The summed E-state index contributed by atoms with van der Waals surface area (Å²) in [7, 11) is 1.61. The molecule has 12 heteroatoms. The van der Waals surface area contributed by atoms with Crippen LogP contribution in [0.5, 0.6) is 11.5 Å². The van der Waals surface area contributed by atoms with Crippen LogP contribution < -0.4 is 20.5 Å². The van der Waals surface area contributed by atoms with Gasteiger partial charge < -0.3 is 25.1 Å². The summed E-state index contributed by atoms with van der Waals surface area (Å²) in [6, 6.07) is 17.4. The number of hydrogen-bond acceptors (Lipinski definition) is 9. The summed E-state index contributed by atoms with van der Waals surface area (Å²) in [4.78, 5) is 59.8. The number of carbonyl (C=O) groups is 4. The summed E-state index contributed by atoms with van der Waals surface area (Å²) in [5, 5.41) is 3.81. The molecule has 7 rings (SSSR count). The average molecular weight is 799 g/mol. The second kappa shape index (κ2) is 18.0. The zero-order valence-corrected chi connectivity index (χ0v) is 34.3. The fraction of sp³-hybridized carbons (Fsp3) is 0.533. The molecule has 7 atom stereocenters. The number of ether oxygens (including phenoxy) is 2. The minimum Gasteiger partial charge on any atom is -0.772 e. The minimum absolute atomic E-state index is 0.0185. The summed E-state index contributed by atoms with van der Waals surface area (Å²) in [5.74, 6) is -1.75. The molecule has 11 nitrogen and oxygen atoms in total. The maximum atomic E-state index is 14.6. The molecule has 4 aliphatic rings. The predicted molar refractivity (Wildman–Crippen MR) is 219 cm³/mol. The van der Waals surface area contributed by atoms with Gasteiger partial charge in [0.1, 0.15) is 34.7 Å². The largest absolute Gasteiger partial charge is 0.772 e. The number of rotatable bonds is 9. The molecular weight excluding hydrogens is 743 g/mol. The summed E-state index contributed by atoms with van der Waals surface area (Å²) >= 11 is -1.76. The summed E-state index contributed by atoms with van der Waals surface area (Å²) < 4.78 is 31.8. The van der Waals surface area contributed by atoms with Crippen LogP contribution in [0.2, 0.25) is 0 Å². The number of Topliss-reactive ketones (excluding diaryl/α,β-unsaturated/α-hetero) is 2. The van der Waals surface area contributed by atoms with Gasteiger partial charge in [-0.05, 0) is 68.9 Å². The molecule has 0 saturated heterocycles. The second-order valence-electron chi connectivity index (χ2n) is 17.4. The number of amides is 2. The molecule has 0 bridgehead atoms. The van der Waals surface area contributed by atoms with Gasteiger partial charge in [-0.25, -0.2) is 4.98 Å². The number of benzene rings is 2. The highest BCUT2D eigenvalue weighted by atomic mass is 32.2. The second-order valence-corrected chi connectivity index (χ2v) is 18.6. The number of nitrogens with zero attached hydrogens (tertiary/aromatic N) is 1. The Morgan fingerprint density at radius 3 is 2.39 bits per heavy atom. The quantitative estimate of drug-likeness (QED) is 0.168. The first-order chi connectivity index (χ1) is 27.2. The van der Waals surface area contributed by atoms with E-state index < -0.39 is 46.4 Å². The van der Waals surface area contributed by atoms with Gasteiger partial charge in [0, 0.05) is 58.9 Å². The van der Waals surface area contributed by atoms with E-state index in [0.29, 0.717) is 42.7 Å². The molecule has 57 heavy (non-hydrogen) atoms. The topological polar surface area (TPSA) is 178 Å². The molecule has 0 spiro atoms. The SMILES string of the molecule is COc1ccc2c(O[C@H]3CC4C(=O)[C@@H](CC(=O)CC(C)(C)C)CCCCC/C=C\[C@@H]5C[C@@]5(C(N)=O)NC(=O)[C@@H]4C3)cc(-c3ccccc3)nc2c1.O=S([O-])C1CC1. The van der Waals surface area contributed by atoms with Crippen molar-refractivity contribution in [3.8, 4) is 22.8 Å². The van der Waals surface area contributed by atoms with Crippen LogP contribution in [0.25, 0.3) is 22.2 Å². The number of hydrogen-bond donors (Lipinski definition) is 2. The predicted octanol–water partition coefficient (Wildman–Crippen LogP) is 7.17. The molecule has 3 saturated carbocycles. The molecule has 3 aliphatic carbocycles. The van der Waals surface area contributed by atoms with E-state index in [1.807, 2.05) is 81.4 Å². The van der Waals surface area contributed by atoms with Crippen molar-refractivity contribution < 1.29 is 37.4 Å². The Bertz CT molecular complexity index is 2010. The van der Waals surface area contributed by atoms with Crippen LogP contribution in [0.4, 0.5) is 0 Å². The first-order valence-corrected chi connectivity index (χ1v) is 21.4. The van der Waals surface area contributed by atoms with Crippen molar-refractivity contribution in [2.24, 2.45) is 34.8 Å². The first-order valence-electron chi connectivity index (χ1n) is 20.3. The lowest BCUT2D eigenvalue weighted by molar-refractivity contribution is -0.137. The number of ketones is 2. The Kier molecular flexibility index (Phi) is 13.3. The standard InChI is InChI=1S/C42H51N3O6.C3H6O2S/c1-41(2,3)25-29(46)19-27-15-9-6-5-7-12-16-28-24-42(28,40(43)49)45-39(48)34-21-31(20-33(34)38(27)47)51-37-23-35(26-13-10-8-11-14-26)44-36-22-30(50-4)17-18-32(36)37;4-6(5)3-1-2-3/h8,10-14,16-18,22-23,27-28,31,33-34H,5-7,9,15,19-21,24-25H2,1-4H3,(H2,43,49)(H,45,48);3H,1-2H2,(H,4,5)/p-1/b16-12-;/t27-,28-,31+,33?,34-,42-;/m1./s1. The number of allylic oxidation sites excluding steroid dienone is 1. The molecule has 306 valence electrons. The van der Waals surface area contributed by atoms with E-state index in [1.54, 1.807) is 7.11 Å². The molecule has 1 aromatic heterocycles. The third kappa shape index (κ3) is 10.8. The van der Waals surface area contributed by atoms with Crippen LogP contribution in [0.1, 0.15) is 97.8 Å². The zero-order chi connectivity index (χ0) is 40.9. The Balaban J connectivity index is 0.000000837. The molecule has 0 radical (unpaired) electrons. The lowest BCUT2D eigenvalue weighted by Crippen LogP contribution is -2.51. The Labute approximate surface area is 338 Å². The molecule has 2 unspecified atom stereocenters. The number of fused-ring (bicyclic) bond motifs is 3. The minimum atomic E-state index is -1.76. The van der Waals surface area contributed by atoms with Gasteiger partial charge in [-0.15, -0.1) is 0 Å². The van der Waals surface area contributed by atoms with Crippen molar-refractivity contribution in [1.82, 2.24) is 10.3 Å². The molecule has 2 amide bonds. The van der Waals surface area contributed by atoms with E-state index in [1.165, 1.54) is 0 Å². The zero-order valence-electron chi connectivity index (χ0n) is 33.5. The highest BCUT2D eigenvalue weighted by molar-refractivity contribution is 7.80. The molecule has 1 aliphatic heterocycles. The van der Waals surface area contributed by atoms with Crippen LogP contribution in [-0.4, -0.2) is 61.1 Å². The number of carbonyl (C=O) groups excluding carboxylic acids is 4. The summed E-state index contributed by atoms with van der Waals surface area (Å²) in [6.07, 6.45) is 11.1. The molecule has 3 fully saturated rings. The van der Waals surface area contributed by atoms with Crippen molar-refractivity contribution in [2.45, 2.75) is 115 Å². The average Bonchev–Trinajstić information content (AvgIpc) is 4.10. The van der Waals surface area contributed by atoms with E-state index in [2.05, 4.69) is 11.4 Å². The molecule has 2 heterocycles. The third-order valence-electron chi connectivity index (χ3n) is 11.6. The number of nitrogens with one attached hydrogen (secondary N) is 1. The van der Waals surface area contributed by atoms with Crippen molar-refractivity contribution in [3.05, 3.63) is 66.7 Å². The number of methoxy groups -OCH3 is 1. The number of nitrogens with two attached hydrogens (primary N) is 1. The van der Waals surface area contributed by atoms with E-state index >= 15 is 0 Å². The monoisotopic (exact) mass is 798 g/mol. The van der Waals surface area contributed by atoms with Crippen LogP contribution in [-0.2, 0) is 30.3 Å². The first kappa shape index (κ1) is 42.2. The molecule has 3 N–H and O–H groups in total. The molecule has 2 aromatic carbocycles. The van der Waals surface area contributed by atoms with Crippen LogP contribution >= 0.6 is 0 Å². The lowest BCUT2D eigenvalue weighted by Gasteiger charge is -2.25. The van der Waals surface area contributed by atoms with Crippen molar-refractivity contribution in [3.63, 3.8) is 0 Å². The van der Waals surface area contributed by atoms with Crippen molar-refractivity contribution >= 4 is 45.4 Å². The fourth-order valence-corrected chi connectivity index (χ4v) is 8.81. The molecule has 3 aromatic rings. The van der Waals surface area contributed by atoms with Crippen LogP contribution in [0.3, 0.4) is 0 Å². The van der Waals surface area contributed by atoms with Gasteiger partial charge in [-0.2, -0.15) is 0 Å². The van der Waals surface area contributed by atoms with Gasteiger partial charge in [0.2, 0.25) is 11.8 Å². The van der Waals surface area contributed by atoms with Crippen molar-refractivity contribution in [1.29, 1.82) is 0 Å². The summed E-state index contributed by atoms with van der Waals surface area (Å²) in [5.41, 5.74) is 6.88. The van der Waals surface area contributed by atoms with E-state index in [4.69, 9.17) is 20.2 Å². The summed E-state index contributed by atoms with van der Waals surface area (Å²) in [6.45, 7) is 6.08. The van der Waals surface area contributed by atoms with E-state index in [0.717, 1.165) is 55.2 Å². The Hall–Kier alpha value is -4.42. The fourth-order valence-electron chi connectivity index (χ4n) is 8.29. The van der Waals surface area contributed by atoms with Gasteiger partial charge in [0.05, 0.1) is 24.2 Å². The van der Waals surface area contributed by atoms with Gasteiger partial charge in [0.25, 0.3) is 0 Å². The van der Waals surface area contributed by atoms with Gasteiger partial charge in [-0.1, -0.05) is 87.2 Å². The van der Waals surface area contributed by atoms with Gasteiger partial charge >= 0.3 is 0 Å². The highest BCUT2D eigenvalue weighted by Crippen LogP contribution is 2.47. The maximum absolute atomic E-state index is 14.6. The third-order valence-corrected chi connectivity index (χ3v) is 12.6. The Morgan fingerprint density at radius 2 is 1.74 bits per heavy atom. The van der Waals surface area contributed by atoms with Crippen LogP contribution in [0, 0.1) is 29.1 Å². The molecular formula is C45H56N3O8S-. The number of pyridine rings is 1. The van der Waals surface area contributed by atoms with E-state index in [-0.39, 0.29) is 46.9 Å². The highest BCUT2D eigenvalue weighted by Gasteiger charge is 2.60. The normalized spacial score (nSPS) is 27.6. The van der Waals surface area contributed by atoms with Gasteiger partial charge in [0.15, 0.2) is 0 Å². The smallest absolute Gasteiger partial charge is 0.243 e. The maximum Gasteiger partial charge on any atom is 0.243 e. The lowest BCUT2D eigenvalue weighted by atomic mass is 9.78.